The SMILES string of the molecule is CNS(=O)(=O)c1ccc(CC(=O)Nc2nc(-c3ccccc3)c(C(=O)c3ccccc3)s2)cc1. The molecule has 1 amide bonds. The van der Waals surface area contributed by atoms with Gasteiger partial charge in [0, 0.05) is 11.1 Å². The number of carbonyl (C=O) groups is 2. The Morgan fingerprint density at radius 2 is 1.50 bits per heavy atom. The lowest BCUT2D eigenvalue weighted by molar-refractivity contribution is -0.115. The first kappa shape index (κ1) is 23.5. The van der Waals surface area contributed by atoms with Gasteiger partial charge in [0.1, 0.15) is 4.88 Å². The summed E-state index contributed by atoms with van der Waals surface area (Å²) in [5.74, 6) is -0.491. The van der Waals surface area contributed by atoms with Crippen molar-refractivity contribution in [1.29, 1.82) is 0 Å². The lowest BCUT2D eigenvalue weighted by atomic mass is 10.1. The second-order valence-corrected chi connectivity index (χ2v) is 10.2. The minimum Gasteiger partial charge on any atom is -0.302 e. The van der Waals surface area contributed by atoms with Gasteiger partial charge < -0.3 is 5.32 Å². The third kappa shape index (κ3) is 5.28. The fraction of sp³-hybridized carbons (Fsp3) is 0.0800. The van der Waals surface area contributed by atoms with Gasteiger partial charge in [-0.05, 0) is 24.7 Å². The molecular formula is C25H21N3O4S2. The van der Waals surface area contributed by atoms with Crippen molar-refractivity contribution in [2.75, 3.05) is 12.4 Å². The zero-order valence-corrected chi connectivity index (χ0v) is 19.8. The van der Waals surface area contributed by atoms with Crippen LogP contribution in [-0.4, -0.2) is 32.1 Å². The largest absolute Gasteiger partial charge is 0.302 e. The Kier molecular flexibility index (Phi) is 6.97. The van der Waals surface area contributed by atoms with E-state index in [9.17, 15) is 18.0 Å². The Labute approximate surface area is 201 Å². The molecule has 4 aromatic rings. The van der Waals surface area contributed by atoms with Gasteiger partial charge in [-0.1, -0.05) is 84.1 Å². The average Bonchev–Trinajstić information content (AvgIpc) is 3.28. The summed E-state index contributed by atoms with van der Waals surface area (Å²) in [6.45, 7) is 0. The molecule has 0 unspecified atom stereocenters. The number of amides is 1. The highest BCUT2D eigenvalue weighted by Crippen LogP contribution is 2.33. The summed E-state index contributed by atoms with van der Waals surface area (Å²) >= 11 is 1.12. The van der Waals surface area contributed by atoms with Crippen molar-refractivity contribution in [3.8, 4) is 11.3 Å². The lowest BCUT2D eigenvalue weighted by Gasteiger charge is -2.05. The summed E-state index contributed by atoms with van der Waals surface area (Å²) in [4.78, 5) is 30.9. The van der Waals surface area contributed by atoms with Crippen molar-refractivity contribution in [2.45, 2.75) is 11.3 Å². The first-order chi connectivity index (χ1) is 16.4. The molecule has 3 aromatic carbocycles. The van der Waals surface area contributed by atoms with Gasteiger partial charge in [0.05, 0.1) is 17.0 Å². The summed E-state index contributed by atoms with van der Waals surface area (Å²) in [5, 5.41) is 3.09. The summed E-state index contributed by atoms with van der Waals surface area (Å²) in [7, 11) is -2.20. The van der Waals surface area contributed by atoms with E-state index in [1.54, 1.807) is 36.4 Å². The Balaban J connectivity index is 1.57. The number of benzene rings is 3. The molecule has 4 rings (SSSR count). The zero-order valence-electron chi connectivity index (χ0n) is 18.2. The standard InChI is InChI=1S/C25H21N3O4S2/c1-26-34(31,32)20-14-12-17(13-15-20)16-21(29)27-25-28-22(18-8-4-2-5-9-18)24(33-25)23(30)19-10-6-3-7-11-19/h2-15,26H,16H2,1H3,(H,27,28,29). The molecule has 0 spiro atoms. The Bertz CT molecular complexity index is 1420. The van der Waals surface area contributed by atoms with E-state index in [2.05, 4.69) is 15.0 Å². The van der Waals surface area contributed by atoms with Crippen LogP contribution in [0, 0.1) is 0 Å². The van der Waals surface area contributed by atoms with Crippen LogP contribution >= 0.6 is 11.3 Å². The van der Waals surface area contributed by atoms with Gasteiger partial charge in [-0.25, -0.2) is 18.1 Å². The number of nitrogens with zero attached hydrogens (tertiary/aromatic N) is 1. The number of hydrogen-bond donors (Lipinski definition) is 2. The number of anilines is 1. The van der Waals surface area contributed by atoms with Crippen LogP contribution in [0.4, 0.5) is 5.13 Å². The number of ketones is 1. The number of nitrogens with one attached hydrogen (secondary N) is 2. The van der Waals surface area contributed by atoms with E-state index >= 15 is 0 Å². The van der Waals surface area contributed by atoms with Crippen LogP contribution in [0.25, 0.3) is 11.3 Å². The van der Waals surface area contributed by atoms with E-state index in [-0.39, 0.29) is 23.0 Å². The number of sulfonamides is 1. The van der Waals surface area contributed by atoms with Crippen molar-refractivity contribution in [2.24, 2.45) is 0 Å². The highest BCUT2D eigenvalue weighted by molar-refractivity contribution is 7.89. The van der Waals surface area contributed by atoms with Crippen LogP contribution < -0.4 is 10.0 Å². The van der Waals surface area contributed by atoms with E-state index < -0.39 is 10.0 Å². The molecule has 0 bridgehead atoms. The summed E-state index contributed by atoms with van der Waals surface area (Å²) in [5.41, 5.74) is 2.47. The van der Waals surface area contributed by atoms with Gasteiger partial charge in [0.15, 0.2) is 5.13 Å². The second kappa shape index (κ2) is 10.1. The van der Waals surface area contributed by atoms with Gasteiger partial charge in [-0.3, -0.25) is 9.59 Å². The minimum atomic E-state index is -3.54. The maximum atomic E-state index is 13.2. The second-order valence-electron chi connectivity index (χ2n) is 7.33. The molecule has 2 N–H and O–H groups in total. The maximum absolute atomic E-state index is 13.2. The van der Waals surface area contributed by atoms with Gasteiger partial charge in [-0.15, -0.1) is 0 Å². The van der Waals surface area contributed by atoms with Crippen molar-refractivity contribution in [3.63, 3.8) is 0 Å². The molecule has 0 aliphatic rings. The Hall–Kier alpha value is -3.66. The number of aromatic nitrogens is 1. The van der Waals surface area contributed by atoms with E-state index in [0.717, 1.165) is 16.9 Å². The summed E-state index contributed by atoms with van der Waals surface area (Å²) in [6.07, 6.45) is 0.0299. The number of thiazole rings is 1. The first-order valence-electron chi connectivity index (χ1n) is 10.4. The molecule has 7 nitrogen and oxygen atoms in total. The molecule has 172 valence electrons. The third-order valence-corrected chi connectivity index (χ3v) is 7.43. The van der Waals surface area contributed by atoms with Gasteiger partial charge >= 0.3 is 0 Å². The molecule has 0 saturated carbocycles. The van der Waals surface area contributed by atoms with E-state index in [1.807, 2.05) is 36.4 Å². The molecule has 1 heterocycles. The molecule has 0 aliphatic heterocycles. The predicted octanol–water partition coefficient (Wildman–Crippen LogP) is 4.13. The molecule has 1 aromatic heterocycles. The van der Waals surface area contributed by atoms with E-state index in [0.29, 0.717) is 26.8 Å². The molecule has 34 heavy (non-hydrogen) atoms. The molecule has 0 aliphatic carbocycles. The topological polar surface area (TPSA) is 105 Å². The number of rotatable bonds is 8. The molecule has 9 heteroatoms. The molecule has 0 fully saturated rings. The quantitative estimate of drug-likeness (QED) is 0.361. The normalized spacial score (nSPS) is 11.2. The Morgan fingerprint density at radius 1 is 0.882 bits per heavy atom. The van der Waals surface area contributed by atoms with Crippen molar-refractivity contribution in [1.82, 2.24) is 9.71 Å². The fourth-order valence-corrected chi connectivity index (χ4v) is 4.99. The summed E-state index contributed by atoms with van der Waals surface area (Å²) < 4.78 is 26.0. The lowest BCUT2D eigenvalue weighted by Crippen LogP contribution is -2.18. The maximum Gasteiger partial charge on any atom is 0.240 e. The minimum absolute atomic E-state index is 0.0299. The van der Waals surface area contributed by atoms with Crippen LogP contribution in [0.1, 0.15) is 20.8 Å². The van der Waals surface area contributed by atoms with Crippen LogP contribution in [0.15, 0.2) is 89.8 Å². The van der Waals surface area contributed by atoms with Crippen molar-refractivity contribution < 1.29 is 18.0 Å². The molecule has 0 atom stereocenters. The predicted molar refractivity (Wildman–Crippen MR) is 132 cm³/mol. The van der Waals surface area contributed by atoms with Crippen LogP contribution in [0.5, 0.6) is 0 Å². The highest BCUT2D eigenvalue weighted by Gasteiger charge is 2.22. The van der Waals surface area contributed by atoms with E-state index in [1.165, 1.54) is 19.2 Å². The van der Waals surface area contributed by atoms with E-state index in [4.69, 9.17) is 0 Å². The third-order valence-electron chi connectivity index (χ3n) is 5.03. The smallest absolute Gasteiger partial charge is 0.240 e. The molecular weight excluding hydrogens is 470 g/mol. The monoisotopic (exact) mass is 491 g/mol. The summed E-state index contributed by atoms with van der Waals surface area (Å²) in [6, 6.07) is 24.3. The van der Waals surface area contributed by atoms with Gasteiger partial charge in [0.2, 0.25) is 21.7 Å². The average molecular weight is 492 g/mol. The fourth-order valence-electron chi connectivity index (χ4n) is 3.29. The Morgan fingerprint density at radius 3 is 2.12 bits per heavy atom. The van der Waals surface area contributed by atoms with Crippen LogP contribution in [0.3, 0.4) is 0 Å². The molecule has 0 radical (unpaired) electrons. The first-order valence-corrected chi connectivity index (χ1v) is 12.7. The van der Waals surface area contributed by atoms with Crippen LogP contribution in [0.2, 0.25) is 0 Å². The highest BCUT2D eigenvalue weighted by atomic mass is 32.2. The number of hydrogen-bond acceptors (Lipinski definition) is 6. The van der Waals surface area contributed by atoms with Crippen molar-refractivity contribution in [3.05, 3.63) is 101 Å². The van der Waals surface area contributed by atoms with Gasteiger partial charge in [0.25, 0.3) is 0 Å². The van der Waals surface area contributed by atoms with Crippen molar-refractivity contribution >= 4 is 38.2 Å². The molecule has 0 saturated heterocycles. The zero-order chi connectivity index (χ0) is 24.1. The van der Waals surface area contributed by atoms with Crippen LogP contribution in [-0.2, 0) is 21.2 Å². The van der Waals surface area contributed by atoms with Gasteiger partial charge in [-0.2, -0.15) is 0 Å². The number of carbonyl (C=O) groups excluding carboxylic acids is 2.